The molecule has 1 aliphatic rings. The number of aliphatic hydroxyl groups is 1. The Hall–Kier alpha value is -3.17. The number of alkyl halides is 3. The maximum atomic E-state index is 14.7. The highest BCUT2D eigenvalue weighted by Gasteiger charge is 2.54. The van der Waals surface area contributed by atoms with Gasteiger partial charge in [0.2, 0.25) is 0 Å². The molecule has 1 fully saturated rings. The van der Waals surface area contributed by atoms with Crippen LogP contribution in [0.1, 0.15) is 36.0 Å². The third kappa shape index (κ3) is 4.65. The summed E-state index contributed by atoms with van der Waals surface area (Å²) < 4.78 is 65.8. The lowest BCUT2D eigenvalue weighted by Gasteiger charge is -2.42. The molecule has 3 atom stereocenters. The van der Waals surface area contributed by atoms with Gasteiger partial charge in [-0.3, -0.25) is 4.79 Å². The molecule has 36 heavy (non-hydrogen) atoms. The SMILES string of the molecule is O=C(N[C@@H]1CC[C@@H](S(=O)(=O)C(c2ccccc2)(c2ccccc2)c2ccccc2)[C@H](O)C1)C(F)(F)F. The zero-order valence-corrected chi connectivity index (χ0v) is 20.0. The van der Waals surface area contributed by atoms with Crippen LogP contribution in [0.15, 0.2) is 91.0 Å². The Morgan fingerprint density at radius 2 is 1.19 bits per heavy atom. The van der Waals surface area contributed by atoms with Crippen LogP contribution in [0.5, 0.6) is 0 Å². The molecule has 4 rings (SSSR count). The first-order valence-corrected chi connectivity index (χ1v) is 13.1. The van der Waals surface area contributed by atoms with Crippen LogP contribution in [0.2, 0.25) is 0 Å². The Labute approximate surface area is 207 Å². The van der Waals surface area contributed by atoms with Crippen LogP contribution in [0.25, 0.3) is 0 Å². The predicted octanol–water partition coefficient (Wildman–Crippen LogP) is 4.35. The van der Waals surface area contributed by atoms with Crippen molar-refractivity contribution in [1.82, 2.24) is 5.32 Å². The molecule has 0 radical (unpaired) electrons. The minimum Gasteiger partial charge on any atom is -0.392 e. The molecule has 1 saturated carbocycles. The second kappa shape index (κ2) is 10.1. The fourth-order valence-corrected chi connectivity index (χ4v) is 7.94. The van der Waals surface area contributed by atoms with Crippen LogP contribution >= 0.6 is 0 Å². The molecular formula is C27H26F3NO4S. The molecule has 0 unspecified atom stereocenters. The largest absolute Gasteiger partial charge is 0.471 e. The van der Waals surface area contributed by atoms with Crippen LogP contribution in [0, 0.1) is 0 Å². The average Bonchev–Trinajstić information content (AvgIpc) is 2.86. The molecule has 0 bridgehead atoms. The number of benzene rings is 3. The van der Waals surface area contributed by atoms with Crippen LogP contribution < -0.4 is 5.32 Å². The summed E-state index contributed by atoms with van der Waals surface area (Å²) >= 11 is 0. The van der Waals surface area contributed by atoms with Gasteiger partial charge in [0.25, 0.3) is 0 Å². The maximum absolute atomic E-state index is 14.7. The van der Waals surface area contributed by atoms with Gasteiger partial charge in [-0.05, 0) is 36.0 Å². The highest BCUT2D eigenvalue weighted by atomic mass is 32.2. The molecule has 3 aromatic rings. The van der Waals surface area contributed by atoms with E-state index in [1.807, 2.05) is 5.32 Å². The molecule has 0 aromatic heterocycles. The summed E-state index contributed by atoms with van der Waals surface area (Å²) in [6.07, 6.45) is -6.97. The topological polar surface area (TPSA) is 83.5 Å². The first-order chi connectivity index (χ1) is 17.1. The molecule has 5 nitrogen and oxygen atoms in total. The number of sulfone groups is 1. The van der Waals surface area contributed by atoms with Gasteiger partial charge in [0, 0.05) is 6.04 Å². The zero-order chi connectivity index (χ0) is 26.0. The van der Waals surface area contributed by atoms with E-state index >= 15 is 0 Å². The Morgan fingerprint density at radius 3 is 1.56 bits per heavy atom. The van der Waals surface area contributed by atoms with Crippen molar-refractivity contribution in [3.8, 4) is 0 Å². The number of halogens is 3. The fraction of sp³-hybridized carbons (Fsp3) is 0.296. The van der Waals surface area contributed by atoms with Crippen molar-refractivity contribution >= 4 is 15.7 Å². The van der Waals surface area contributed by atoms with Crippen LogP contribution in [-0.2, 0) is 19.4 Å². The quantitative estimate of drug-likeness (QED) is 0.476. The summed E-state index contributed by atoms with van der Waals surface area (Å²) in [5, 5.41) is 11.6. The highest BCUT2D eigenvalue weighted by molar-refractivity contribution is 7.93. The lowest BCUT2D eigenvalue weighted by atomic mass is 9.84. The van der Waals surface area contributed by atoms with Gasteiger partial charge in [0.05, 0.1) is 11.4 Å². The lowest BCUT2D eigenvalue weighted by molar-refractivity contribution is -0.174. The number of carbonyl (C=O) groups excluding carboxylic acids is 1. The smallest absolute Gasteiger partial charge is 0.392 e. The van der Waals surface area contributed by atoms with Crippen LogP contribution in [0.4, 0.5) is 13.2 Å². The standard InChI is InChI=1S/C27H26F3NO4S/c28-27(29,30)25(33)31-22-16-17-24(23(32)18-22)36(34,35)26(19-10-4-1-5-11-19,20-12-6-2-7-13-20)21-14-8-3-9-15-21/h1-15,22-24,32H,16-18H2,(H,31,33)/t22-,23-,24-/m1/s1. The van der Waals surface area contributed by atoms with E-state index in [1.54, 1.807) is 91.0 Å². The predicted molar refractivity (Wildman–Crippen MR) is 130 cm³/mol. The van der Waals surface area contributed by atoms with E-state index in [4.69, 9.17) is 0 Å². The second-order valence-electron chi connectivity index (χ2n) is 8.91. The summed E-state index contributed by atoms with van der Waals surface area (Å²) in [6, 6.07) is 25.1. The van der Waals surface area contributed by atoms with Gasteiger partial charge in [-0.15, -0.1) is 0 Å². The molecule has 0 saturated heterocycles. The van der Waals surface area contributed by atoms with Crippen LogP contribution in [0.3, 0.4) is 0 Å². The Bertz CT molecular complexity index is 1190. The Morgan fingerprint density at radius 1 is 0.778 bits per heavy atom. The maximum Gasteiger partial charge on any atom is 0.471 e. The molecule has 2 N–H and O–H groups in total. The number of nitrogens with one attached hydrogen (secondary N) is 1. The third-order valence-electron chi connectivity index (χ3n) is 6.71. The normalized spacial score (nSPS) is 21.1. The number of aliphatic hydroxyl groups excluding tert-OH is 1. The molecular weight excluding hydrogens is 491 g/mol. The summed E-state index contributed by atoms with van der Waals surface area (Å²) in [5.41, 5.74) is 1.46. The Kier molecular flexibility index (Phi) is 7.24. The van der Waals surface area contributed by atoms with Crippen molar-refractivity contribution in [1.29, 1.82) is 0 Å². The van der Waals surface area contributed by atoms with Crippen molar-refractivity contribution in [3.63, 3.8) is 0 Å². The van der Waals surface area contributed by atoms with E-state index in [2.05, 4.69) is 0 Å². The Balaban J connectivity index is 1.82. The zero-order valence-electron chi connectivity index (χ0n) is 19.2. The first kappa shape index (κ1) is 25.9. The summed E-state index contributed by atoms with van der Waals surface area (Å²) in [7, 11) is -4.26. The molecule has 1 amide bonds. The molecule has 0 aliphatic heterocycles. The second-order valence-corrected chi connectivity index (χ2v) is 11.2. The number of rotatable bonds is 6. The molecule has 1 aliphatic carbocycles. The molecule has 0 heterocycles. The van der Waals surface area contributed by atoms with E-state index in [1.165, 1.54) is 0 Å². The number of hydrogen-bond acceptors (Lipinski definition) is 4. The first-order valence-electron chi connectivity index (χ1n) is 11.5. The van der Waals surface area contributed by atoms with Crippen LogP contribution in [-0.4, -0.2) is 43.0 Å². The van der Waals surface area contributed by atoms with Crippen molar-refractivity contribution < 1.29 is 31.5 Å². The number of hydrogen-bond donors (Lipinski definition) is 2. The number of amides is 1. The van der Waals surface area contributed by atoms with Gasteiger partial charge in [0.15, 0.2) is 9.84 Å². The van der Waals surface area contributed by atoms with E-state index < -0.39 is 44.1 Å². The summed E-state index contributed by atoms with van der Waals surface area (Å²) in [4.78, 5) is 11.4. The minimum absolute atomic E-state index is 0.0166. The molecule has 3 aromatic carbocycles. The number of carbonyl (C=O) groups is 1. The van der Waals surface area contributed by atoms with Crippen molar-refractivity contribution in [3.05, 3.63) is 108 Å². The fourth-order valence-electron chi connectivity index (χ4n) is 5.12. The van der Waals surface area contributed by atoms with Gasteiger partial charge in [-0.1, -0.05) is 91.0 Å². The van der Waals surface area contributed by atoms with Crippen molar-refractivity contribution in [2.45, 2.75) is 47.6 Å². The van der Waals surface area contributed by atoms with Gasteiger partial charge in [-0.2, -0.15) is 13.2 Å². The van der Waals surface area contributed by atoms with E-state index in [9.17, 15) is 31.5 Å². The van der Waals surface area contributed by atoms with Gasteiger partial charge < -0.3 is 10.4 Å². The molecule has 9 heteroatoms. The molecule has 190 valence electrons. The van der Waals surface area contributed by atoms with E-state index in [0.29, 0.717) is 16.7 Å². The van der Waals surface area contributed by atoms with Gasteiger partial charge in [0.1, 0.15) is 4.75 Å². The average molecular weight is 518 g/mol. The highest BCUT2D eigenvalue weighted by Crippen LogP contribution is 2.48. The summed E-state index contributed by atoms with van der Waals surface area (Å²) in [5.74, 6) is -2.10. The van der Waals surface area contributed by atoms with Gasteiger partial charge in [-0.25, -0.2) is 8.42 Å². The monoisotopic (exact) mass is 517 g/mol. The van der Waals surface area contributed by atoms with E-state index in [0.717, 1.165) is 0 Å². The van der Waals surface area contributed by atoms with Crippen molar-refractivity contribution in [2.75, 3.05) is 0 Å². The third-order valence-corrected chi connectivity index (χ3v) is 9.62. The minimum atomic E-state index is -5.06. The van der Waals surface area contributed by atoms with Crippen molar-refractivity contribution in [2.24, 2.45) is 0 Å². The lowest BCUT2D eigenvalue weighted by Crippen LogP contribution is -2.54. The summed E-state index contributed by atoms with van der Waals surface area (Å²) in [6.45, 7) is 0. The van der Waals surface area contributed by atoms with E-state index in [-0.39, 0.29) is 19.3 Å². The van der Waals surface area contributed by atoms with Gasteiger partial charge >= 0.3 is 12.1 Å². The molecule has 0 spiro atoms.